The van der Waals surface area contributed by atoms with Crippen molar-refractivity contribution >= 4 is 42.5 Å². The summed E-state index contributed by atoms with van der Waals surface area (Å²) in [5, 5.41) is 2.45. The minimum absolute atomic E-state index is 0.0274. The van der Waals surface area contributed by atoms with E-state index in [0.29, 0.717) is 19.6 Å². The summed E-state index contributed by atoms with van der Waals surface area (Å²) < 4.78 is 27.2. The van der Waals surface area contributed by atoms with Crippen LogP contribution in [0.2, 0.25) is 18.1 Å². The molecule has 0 saturated carbocycles. The highest BCUT2D eigenvalue weighted by Gasteiger charge is 2.52. The fourth-order valence-corrected chi connectivity index (χ4v) is 8.07. The second-order valence-electron chi connectivity index (χ2n) is 12.6. The molecule has 0 bridgehead atoms. The zero-order valence-electron chi connectivity index (χ0n) is 24.8. The van der Waals surface area contributed by atoms with Gasteiger partial charge in [0.15, 0.2) is 8.32 Å². The molecule has 2 heterocycles. The van der Waals surface area contributed by atoms with E-state index in [4.69, 9.17) is 30.2 Å². The highest BCUT2D eigenvalue weighted by molar-refractivity contribution is 8.01. The average Bonchev–Trinajstić information content (AvgIpc) is 3.18. The number of rotatable bonds is 9. The quantitative estimate of drug-likeness (QED) is 0.105. The minimum atomic E-state index is -2.20. The van der Waals surface area contributed by atoms with Crippen LogP contribution in [0.1, 0.15) is 39.2 Å². The molecule has 1 unspecified atom stereocenters. The van der Waals surface area contributed by atoms with E-state index in [1.807, 2.05) is 18.2 Å². The molecule has 4 nitrogen and oxygen atoms in total. The molecule has 3 aromatic rings. The molecule has 3 aromatic carbocycles. The number of alkyl halides is 1. The van der Waals surface area contributed by atoms with Crippen LogP contribution in [0.4, 0.5) is 0 Å². The van der Waals surface area contributed by atoms with Gasteiger partial charge in [-0.3, -0.25) is 0 Å². The van der Waals surface area contributed by atoms with Gasteiger partial charge in [-0.1, -0.05) is 93.6 Å². The van der Waals surface area contributed by atoms with Gasteiger partial charge in [-0.05, 0) is 53.0 Å². The van der Waals surface area contributed by atoms with Gasteiger partial charge in [0.1, 0.15) is 18.3 Å². The Hall–Kier alpha value is -1.64. The van der Waals surface area contributed by atoms with Crippen molar-refractivity contribution in [3.8, 4) is 0 Å². The third kappa shape index (κ3) is 7.48. The summed E-state index contributed by atoms with van der Waals surface area (Å²) in [6.45, 7) is 12.4. The molecule has 0 spiro atoms. The summed E-state index contributed by atoms with van der Waals surface area (Å²) in [7, 11) is -2.20. The van der Waals surface area contributed by atoms with Crippen molar-refractivity contribution in [1.82, 2.24) is 0 Å². The van der Waals surface area contributed by atoms with Crippen LogP contribution in [-0.4, -0.2) is 50.2 Å². The highest BCUT2D eigenvalue weighted by Crippen LogP contribution is 2.43. The van der Waals surface area contributed by atoms with Gasteiger partial charge in [0.05, 0.1) is 30.1 Å². The van der Waals surface area contributed by atoms with Crippen LogP contribution in [0, 0.1) is 0 Å². The number of fused-ring (bicyclic) bond motifs is 2. The highest BCUT2D eigenvalue weighted by atomic mass is 35.5. The van der Waals surface area contributed by atoms with E-state index in [9.17, 15) is 0 Å². The van der Waals surface area contributed by atoms with E-state index < -0.39 is 8.32 Å². The predicted octanol–water partition coefficient (Wildman–Crippen LogP) is 8.98. The molecule has 5 rings (SSSR count). The van der Waals surface area contributed by atoms with E-state index in [1.54, 1.807) is 11.8 Å². The molecule has 220 valence electrons. The summed E-state index contributed by atoms with van der Waals surface area (Å²) in [4.78, 5) is 1.15. The average molecular weight is 611 g/mol. The lowest BCUT2D eigenvalue weighted by atomic mass is 9.92. The smallest absolute Gasteiger partial charge is 0.192 e. The number of hydrogen-bond donors (Lipinski definition) is 0. The fraction of sp³-hybridized carbons (Fsp3) is 0.471. The van der Waals surface area contributed by atoms with Crippen LogP contribution in [-0.2, 0) is 25.2 Å². The first-order valence-electron chi connectivity index (χ1n) is 14.7. The summed E-state index contributed by atoms with van der Waals surface area (Å²) in [5.41, 5.74) is 1.16. The molecule has 2 aliphatic rings. The third-order valence-electron chi connectivity index (χ3n) is 8.62. The van der Waals surface area contributed by atoms with E-state index in [2.05, 4.69) is 101 Å². The number of benzene rings is 3. The van der Waals surface area contributed by atoms with Crippen LogP contribution in [0.15, 0.2) is 89.8 Å². The second-order valence-corrected chi connectivity index (χ2v) is 19.4. The van der Waals surface area contributed by atoms with Crippen molar-refractivity contribution in [2.45, 2.75) is 98.5 Å². The van der Waals surface area contributed by atoms with E-state index in [1.165, 1.54) is 10.8 Å². The molecule has 2 aliphatic heterocycles. The monoisotopic (exact) mass is 610 g/mol. The van der Waals surface area contributed by atoms with Crippen molar-refractivity contribution in [2.24, 2.45) is 0 Å². The molecule has 41 heavy (non-hydrogen) atoms. The number of thioether (sulfide) groups is 1. The summed E-state index contributed by atoms with van der Waals surface area (Å²) in [6.07, 6.45) is 4.48. The maximum atomic E-state index is 7.21. The Bertz CT molecular complexity index is 1310. The Morgan fingerprint density at radius 2 is 1.68 bits per heavy atom. The van der Waals surface area contributed by atoms with Crippen molar-refractivity contribution in [3.05, 3.63) is 90.5 Å². The van der Waals surface area contributed by atoms with Crippen molar-refractivity contribution in [1.29, 1.82) is 0 Å². The van der Waals surface area contributed by atoms with Crippen molar-refractivity contribution < 1.29 is 18.6 Å². The SMILES string of the molecule is CC(C)(C)[Si](C)(C)O[C@H]1[C@H](OCc2cccc3ccccc23)[C@H]2OCC=CC[C@@H]2O[C@@H]1CC(Cl)Sc1ccccc1. The van der Waals surface area contributed by atoms with Gasteiger partial charge in [0, 0.05) is 11.3 Å². The zero-order valence-corrected chi connectivity index (χ0v) is 27.4. The predicted molar refractivity (Wildman–Crippen MR) is 173 cm³/mol. The van der Waals surface area contributed by atoms with Crippen molar-refractivity contribution in [2.75, 3.05) is 6.61 Å². The fourth-order valence-electron chi connectivity index (χ4n) is 5.37. The molecule has 0 amide bonds. The maximum Gasteiger partial charge on any atom is 0.192 e. The molecular weight excluding hydrogens is 568 g/mol. The van der Waals surface area contributed by atoms with Gasteiger partial charge in [0.25, 0.3) is 0 Å². The largest absolute Gasteiger partial charge is 0.409 e. The topological polar surface area (TPSA) is 36.9 Å². The van der Waals surface area contributed by atoms with Crippen LogP contribution in [0.3, 0.4) is 0 Å². The van der Waals surface area contributed by atoms with Gasteiger partial charge < -0.3 is 18.6 Å². The maximum absolute atomic E-state index is 7.21. The van der Waals surface area contributed by atoms with E-state index in [-0.39, 0.29) is 40.3 Å². The lowest BCUT2D eigenvalue weighted by molar-refractivity contribution is -0.242. The van der Waals surface area contributed by atoms with Crippen LogP contribution in [0.5, 0.6) is 0 Å². The zero-order chi connectivity index (χ0) is 29.0. The Kier molecular flexibility index (Phi) is 10.0. The molecule has 1 fully saturated rings. The Balaban J connectivity index is 1.46. The second kappa shape index (κ2) is 13.3. The normalized spacial score (nSPS) is 26.0. The summed E-state index contributed by atoms with van der Waals surface area (Å²) in [6, 6.07) is 25.2. The minimum Gasteiger partial charge on any atom is -0.409 e. The third-order valence-corrected chi connectivity index (χ3v) is 14.5. The molecule has 0 aliphatic carbocycles. The Morgan fingerprint density at radius 3 is 2.46 bits per heavy atom. The van der Waals surface area contributed by atoms with Gasteiger partial charge in [-0.15, -0.1) is 23.4 Å². The van der Waals surface area contributed by atoms with Gasteiger partial charge >= 0.3 is 0 Å². The molecular formula is C34H43ClO4SSi. The van der Waals surface area contributed by atoms with E-state index >= 15 is 0 Å². The number of hydrogen-bond acceptors (Lipinski definition) is 5. The molecule has 1 saturated heterocycles. The molecule has 0 N–H and O–H groups in total. The summed E-state index contributed by atoms with van der Waals surface area (Å²) >= 11 is 8.69. The molecule has 0 radical (unpaired) electrons. The Morgan fingerprint density at radius 1 is 0.951 bits per heavy atom. The lowest BCUT2D eigenvalue weighted by Crippen LogP contribution is -2.63. The number of halogens is 1. The Labute approximate surface area is 255 Å². The lowest BCUT2D eigenvalue weighted by Gasteiger charge is -2.50. The summed E-state index contributed by atoms with van der Waals surface area (Å²) in [5.74, 6) is 0. The van der Waals surface area contributed by atoms with E-state index in [0.717, 1.165) is 16.9 Å². The first-order valence-corrected chi connectivity index (χ1v) is 18.9. The first-order chi connectivity index (χ1) is 19.6. The van der Waals surface area contributed by atoms with Crippen molar-refractivity contribution in [3.63, 3.8) is 0 Å². The molecule has 0 aromatic heterocycles. The van der Waals surface area contributed by atoms with Gasteiger partial charge in [-0.2, -0.15) is 0 Å². The van der Waals surface area contributed by atoms with Crippen LogP contribution in [0.25, 0.3) is 10.8 Å². The van der Waals surface area contributed by atoms with Gasteiger partial charge in [-0.25, -0.2) is 0 Å². The molecule has 7 heteroatoms. The first kappa shape index (κ1) is 30.8. The van der Waals surface area contributed by atoms with Crippen LogP contribution >= 0.6 is 23.4 Å². The van der Waals surface area contributed by atoms with Gasteiger partial charge in [0.2, 0.25) is 0 Å². The number of ether oxygens (including phenoxy) is 3. The van der Waals surface area contributed by atoms with Crippen LogP contribution < -0.4 is 0 Å². The standard InChI is InChI=1S/C34H43ClO4SSi/c1-34(2,3)41(4,5)39-32-29(22-30(35)40-26-17-7-6-8-18-26)38-28-20-11-12-21-36-31(28)33(32)37-23-25-16-13-15-24-14-9-10-19-27(24)25/h6-19,28-33H,20-23H2,1-5H3/t28-,29+,30?,31-,32+,33+/m0/s1. The molecule has 6 atom stereocenters.